The highest BCUT2D eigenvalue weighted by atomic mass is 35.5. The Morgan fingerprint density at radius 3 is 2.50 bits per heavy atom. The molecule has 0 amide bonds. The van der Waals surface area contributed by atoms with E-state index in [2.05, 4.69) is 25.3 Å². The van der Waals surface area contributed by atoms with Crippen LogP contribution in [0.25, 0.3) is 11.5 Å². The first-order chi connectivity index (χ1) is 12.2. The van der Waals surface area contributed by atoms with Crippen molar-refractivity contribution in [1.29, 1.82) is 0 Å². The van der Waals surface area contributed by atoms with E-state index in [0.29, 0.717) is 16.4 Å². The van der Waals surface area contributed by atoms with E-state index in [1.165, 1.54) is 24.3 Å². The zero-order valence-electron chi connectivity index (χ0n) is 13.3. The fraction of sp³-hybridized carbons (Fsp3) is 0.0667. The number of rotatable bonds is 4. The van der Waals surface area contributed by atoms with Crippen molar-refractivity contribution >= 4 is 50.6 Å². The van der Waals surface area contributed by atoms with Crippen LogP contribution in [0.4, 0.5) is 17.6 Å². The van der Waals surface area contributed by atoms with Crippen LogP contribution in [0.5, 0.6) is 0 Å². The fourth-order valence-corrected chi connectivity index (χ4v) is 3.21. The lowest BCUT2D eigenvalue weighted by Crippen LogP contribution is -2.06. The summed E-state index contributed by atoms with van der Waals surface area (Å²) in [5, 5.41) is 3.45. The van der Waals surface area contributed by atoms with E-state index in [4.69, 9.17) is 28.9 Å². The molecule has 134 valence electrons. The number of nitrogen functional groups attached to an aromatic ring is 1. The molecule has 0 saturated carbocycles. The lowest BCUT2D eigenvalue weighted by molar-refractivity contribution is 0.602. The van der Waals surface area contributed by atoms with Crippen LogP contribution in [0.2, 0.25) is 10.2 Å². The summed E-state index contributed by atoms with van der Waals surface area (Å²) in [6.07, 6.45) is 1.12. The minimum Gasteiger partial charge on any atom is -0.368 e. The van der Waals surface area contributed by atoms with Crippen LogP contribution in [0.3, 0.4) is 0 Å². The summed E-state index contributed by atoms with van der Waals surface area (Å²) in [6.45, 7) is 0. The molecule has 0 spiro atoms. The summed E-state index contributed by atoms with van der Waals surface area (Å²) in [5.41, 5.74) is 6.53. The second-order valence-corrected chi connectivity index (χ2v) is 8.10. The van der Waals surface area contributed by atoms with Crippen LogP contribution in [-0.2, 0) is 9.84 Å². The van der Waals surface area contributed by atoms with Gasteiger partial charge in [0.2, 0.25) is 11.9 Å². The van der Waals surface area contributed by atoms with E-state index < -0.39 is 9.84 Å². The van der Waals surface area contributed by atoms with Crippen LogP contribution >= 0.6 is 23.2 Å². The smallest absolute Gasteiger partial charge is 0.232 e. The highest BCUT2D eigenvalue weighted by Crippen LogP contribution is 2.24. The molecule has 2 heterocycles. The normalized spacial score (nSPS) is 11.3. The first kappa shape index (κ1) is 18.3. The summed E-state index contributed by atoms with van der Waals surface area (Å²) >= 11 is 11.9. The summed E-state index contributed by atoms with van der Waals surface area (Å²) < 4.78 is 23.3. The number of anilines is 3. The van der Waals surface area contributed by atoms with Crippen molar-refractivity contribution in [1.82, 2.24) is 19.9 Å². The van der Waals surface area contributed by atoms with Gasteiger partial charge in [-0.25, -0.2) is 13.4 Å². The van der Waals surface area contributed by atoms with Gasteiger partial charge in [-0.3, -0.25) is 0 Å². The van der Waals surface area contributed by atoms with Crippen molar-refractivity contribution in [2.75, 3.05) is 17.3 Å². The van der Waals surface area contributed by atoms with Gasteiger partial charge in [-0.15, -0.1) is 0 Å². The Balaban J connectivity index is 1.98. The number of benzene rings is 1. The molecule has 0 aliphatic rings. The van der Waals surface area contributed by atoms with E-state index in [-0.39, 0.29) is 27.8 Å². The highest BCUT2D eigenvalue weighted by molar-refractivity contribution is 7.90. The SMILES string of the molecule is CS(=O)(=O)c1cccc(Nc2nc(N)nc(-c3cc(Cl)cc(Cl)n3)n2)c1. The topological polar surface area (TPSA) is 124 Å². The molecular formula is C15H12Cl2N6O2S. The molecule has 1 aromatic carbocycles. The number of halogens is 2. The summed E-state index contributed by atoms with van der Waals surface area (Å²) in [4.78, 5) is 16.5. The Kier molecular flexibility index (Phi) is 4.94. The van der Waals surface area contributed by atoms with Gasteiger partial charge in [-0.1, -0.05) is 29.3 Å². The molecule has 0 bridgehead atoms. The number of nitrogens with zero attached hydrogens (tertiary/aromatic N) is 4. The van der Waals surface area contributed by atoms with E-state index in [1.807, 2.05) is 0 Å². The number of hydrogen-bond acceptors (Lipinski definition) is 8. The molecule has 0 aliphatic carbocycles. The van der Waals surface area contributed by atoms with E-state index in [0.717, 1.165) is 6.26 Å². The molecule has 0 aliphatic heterocycles. The maximum atomic E-state index is 11.7. The number of hydrogen-bond donors (Lipinski definition) is 2. The number of nitrogens with two attached hydrogens (primary N) is 1. The van der Waals surface area contributed by atoms with Crippen molar-refractivity contribution < 1.29 is 8.42 Å². The van der Waals surface area contributed by atoms with Crippen LogP contribution in [-0.4, -0.2) is 34.6 Å². The largest absolute Gasteiger partial charge is 0.368 e. The third-order valence-electron chi connectivity index (χ3n) is 3.16. The van der Waals surface area contributed by atoms with Crippen molar-refractivity contribution in [3.63, 3.8) is 0 Å². The molecule has 0 radical (unpaired) electrons. The number of pyridine rings is 1. The standard InChI is InChI=1S/C15H12Cl2N6O2S/c1-26(24,25)10-4-2-3-9(7-10)19-15-22-13(21-14(18)23-15)11-5-8(16)6-12(17)20-11/h2-7H,1H3,(H3,18,19,21,22,23). The second kappa shape index (κ2) is 7.02. The van der Waals surface area contributed by atoms with Crippen molar-refractivity contribution in [3.8, 4) is 11.5 Å². The molecule has 0 atom stereocenters. The average Bonchev–Trinajstić information content (AvgIpc) is 2.53. The van der Waals surface area contributed by atoms with Crippen molar-refractivity contribution in [3.05, 3.63) is 46.6 Å². The van der Waals surface area contributed by atoms with Gasteiger partial charge in [0.15, 0.2) is 15.7 Å². The monoisotopic (exact) mass is 410 g/mol. The maximum Gasteiger partial charge on any atom is 0.232 e. The van der Waals surface area contributed by atoms with Gasteiger partial charge >= 0.3 is 0 Å². The molecule has 0 fully saturated rings. The minimum absolute atomic E-state index is 0.0466. The first-order valence-corrected chi connectivity index (χ1v) is 9.77. The van der Waals surface area contributed by atoms with E-state index >= 15 is 0 Å². The fourth-order valence-electron chi connectivity index (χ4n) is 2.08. The van der Waals surface area contributed by atoms with Gasteiger partial charge in [0.25, 0.3) is 0 Å². The Morgan fingerprint density at radius 2 is 1.81 bits per heavy atom. The molecule has 0 unspecified atom stereocenters. The van der Waals surface area contributed by atoms with Crippen LogP contribution in [0.15, 0.2) is 41.3 Å². The summed E-state index contributed by atoms with van der Waals surface area (Å²) in [6, 6.07) is 9.24. The molecule has 3 rings (SSSR count). The molecule has 0 saturated heterocycles. The number of nitrogens with one attached hydrogen (secondary N) is 1. The molecule has 11 heteroatoms. The number of sulfone groups is 1. The first-order valence-electron chi connectivity index (χ1n) is 7.13. The lowest BCUT2D eigenvalue weighted by Gasteiger charge is -2.08. The molecular weight excluding hydrogens is 399 g/mol. The van der Waals surface area contributed by atoms with Crippen LogP contribution < -0.4 is 11.1 Å². The second-order valence-electron chi connectivity index (χ2n) is 5.26. The Hall–Kier alpha value is -2.49. The molecule has 3 aromatic rings. The van der Waals surface area contributed by atoms with Gasteiger partial charge in [0, 0.05) is 17.0 Å². The van der Waals surface area contributed by atoms with Gasteiger partial charge in [-0.2, -0.15) is 15.0 Å². The quantitative estimate of drug-likeness (QED) is 0.628. The summed E-state index contributed by atoms with van der Waals surface area (Å²) in [5.74, 6) is 0.245. The van der Waals surface area contributed by atoms with Gasteiger partial charge in [0.1, 0.15) is 10.8 Å². The van der Waals surface area contributed by atoms with E-state index in [1.54, 1.807) is 12.1 Å². The van der Waals surface area contributed by atoms with Gasteiger partial charge in [0.05, 0.1) is 4.90 Å². The van der Waals surface area contributed by atoms with Crippen LogP contribution in [0, 0.1) is 0 Å². The Labute approximate surface area is 159 Å². The summed E-state index contributed by atoms with van der Waals surface area (Å²) in [7, 11) is -3.34. The molecule has 8 nitrogen and oxygen atoms in total. The third-order valence-corrected chi connectivity index (χ3v) is 4.68. The lowest BCUT2D eigenvalue weighted by atomic mass is 10.3. The zero-order valence-corrected chi connectivity index (χ0v) is 15.6. The van der Waals surface area contributed by atoms with E-state index in [9.17, 15) is 8.42 Å². The Bertz CT molecular complexity index is 1070. The molecule has 2 aromatic heterocycles. The predicted molar refractivity (Wildman–Crippen MR) is 100 cm³/mol. The van der Waals surface area contributed by atoms with Crippen molar-refractivity contribution in [2.24, 2.45) is 0 Å². The average molecular weight is 411 g/mol. The zero-order chi connectivity index (χ0) is 18.9. The third kappa shape index (κ3) is 4.37. The van der Waals surface area contributed by atoms with Gasteiger partial charge < -0.3 is 11.1 Å². The molecule has 3 N–H and O–H groups in total. The predicted octanol–water partition coefficient (Wildman–Crippen LogP) is 2.97. The number of aromatic nitrogens is 4. The van der Waals surface area contributed by atoms with Crippen LogP contribution in [0.1, 0.15) is 0 Å². The minimum atomic E-state index is -3.34. The van der Waals surface area contributed by atoms with Gasteiger partial charge in [-0.05, 0) is 30.3 Å². The van der Waals surface area contributed by atoms with Crippen molar-refractivity contribution in [2.45, 2.75) is 4.90 Å². The maximum absolute atomic E-state index is 11.7. The Morgan fingerprint density at radius 1 is 1.04 bits per heavy atom. The molecule has 26 heavy (non-hydrogen) atoms. The highest BCUT2D eigenvalue weighted by Gasteiger charge is 2.12.